The van der Waals surface area contributed by atoms with Crippen molar-refractivity contribution in [1.29, 1.82) is 5.26 Å². The van der Waals surface area contributed by atoms with Crippen molar-refractivity contribution < 1.29 is 4.42 Å². The molecule has 0 spiro atoms. The maximum absolute atomic E-state index is 9.39. The van der Waals surface area contributed by atoms with Gasteiger partial charge in [0.2, 0.25) is 0 Å². The molecule has 0 N–H and O–H groups in total. The van der Waals surface area contributed by atoms with Crippen LogP contribution in [-0.2, 0) is 0 Å². The van der Waals surface area contributed by atoms with Crippen LogP contribution in [0.15, 0.2) is 180 Å². The third kappa shape index (κ3) is 6.56. The lowest BCUT2D eigenvalue weighted by atomic mass is 10.0. The number of nitriles is 1. The Morgan fingerprint density at radius 3 is 1.26 bits per heavy atom. The fraction of sp³-hybridized carbons (Fsp3) is 0. The van der Waals surface area contributed by atoms with Gasteiger partial charge in [0.05, 0.1) is 11.6 Å². The van der Waals surface area contributed by atoms with Gasteiger partial charge in [0.1, 0.15) is 11.2 Å². The largest absolute Gasteiger partial charge is 0.456 e. The standard InChI is InChI=1S/C49H29N7O/c50-30-31-11-10-18-37(27-31)32-19-21-36(22-20-32)47-52-46(35-16-8-3-9-17-35)53-48(56-47)38-24-26-42-41(28-38)40-25-23-39(29-43(40)57-42)49-54-44(33-12-4-1-5-13-33)51-45(55-49)34-14-6-2-7-15-34/h1-29H. The Kier molecular flexibility index (Phi) is 8.36. The first-order valence-corrected chi connectivity index (χ1v) is 18.4. The average Bonchev–Trinajstić information content (AvgIpc) is 3.67. The van der Waals surface area contributed by atoms with Crippen LogP contribution in [0.3, 0.4) is 0 Å². The lowest BCUT2D eigenvalue weighted by molar-refractivity contribution is 0.669. The number of benzene rings is 7. The number of hydrogen-bond acceptors (Lipinski definition) is 8. The van der Waals surface area contributed by atoms with E-state index in [1.54, 1.807) is 6.07 Å². The van der Waals surface area contributed by atoms with Crippen molar-refractivity contribution in [3.8, 4) is 85.5 Å². The van der Waals surface area contributed by atoms with Crippen molar-refractivity contribution in [1.82, 2.24) is 29.9 Å². The third-order valence-corrected chi connectivity index (χ3v) is 9.82. The Morgan fingerprint density at radius 2 is 0.737 bits per heavy atom. The summed E-state index contributed by atoms with van der Waals surface area (Å²) in [5.74, 6) is 3.43. The molecule has 0 fully saturated rings. The van der Waals surface area contributed by atoms with Crippen molar-refractivity contribution in [3.05, 3.63) is 181 Å². The van der Waals surface area contributed by atoms with Gasteiger partial charge in [-0.3, -0.25) is 0 Å². The second-order valence-corrected chi connectivity index (χ2v) is 13.5. The van der Waals surface area contributed by atoms with E-state index >= 15 is 0 Å². The summed E-state index contributed by atoms with van der Waals surface area (Å²) in [5, 5.41) is 11.3. The second kappa shape index (κ2) is 14.3. The summed E-state index contributed by atoms with van der Waals surface area (Å²) in [4.78, 5) is 29.5. The molecular formula is C49H29N7O. The molecule has 0 aliphatic carbocycles. The zero-order chi connectivity index (χ0) is 38.1. The molecule has 266 valence electrons. The highest BCUT2D eigenvalue weighted by molar-refractivity contribution is 6.07. The Labute approximate surface area is 327 Å². The molecule has 8 nitrogen and oxygen atoms in total. The lowest BCUT2D eigenvalue weighted by Gasteiger charge is -2.09. The van der Waals surface area contributed by atoms with E-state index in [4.69, 9.17) is 34.3 Å². The zero-order valence-electron chi connectivity index (χ0n) is 30.3. The molecule has 0 radical (unpaired) electrons. The van der Waals surface area contributed by atoms with Gasteiger partial charge in [-0.15, -0.1) is 0 Å². The minimum Gasteiger partial charge on any atom is -0.456 e. The van der Waals surface area contributed by atoms with Crippen LogP contribution in [0, 0.1) is 11.3 Å². The summed E-state index contributed by atoms with van der Waals surface area (Å²) in [6, 6.07) is 59.7. The SMILES string of the molecule is N#Cc1cccc(-c2ccc(-c3nc(-c4ccccc4)nc(-c4ccc5oc6cc(-c7nc(-c8ccccc8)nc(-c8ccccc8)n7)ccc6c5c4)n3)cc2)c1. The molecule has 57 heavy (non-hydrogen) atoms. The van der Waals surface area contributed by atoms with Gasteiger partial charge in [-0.2, -0.15) is 5.26 Å². The summed E-state index contributed by atoms with van der Waals surface area (Å²) in [7, 11) is 0. The zero-order valence-corrected chi connectivity index (χ0v) is 30.3. The molecule has 0 saturated heterocycles. The van der Waals surface area contributed by atoms with Crippen LogP contribution in [0.5, 0.6) is 0 Å². The van der Waals surface area contributed by atoms with Crippen molar-refractivity contribution >= 4 is 21.9 Å². The molecule has 10 rings (SSSR count). The van der Waals surface area contributed by atoms with Crippen LogP contribution in [-0.4, -0.2) is 29.9 Å². The van der Waals surface area contributed by atoms with Crippen molar-refractivity contribution in [2.45, 2.75) is 0 Å². The number of hydrogen-bond donors (Lipinski definition) is 0. The first-order chi connectivity index (χ1) is 28.1. The maximum atomic E-state index is 9.39. The van der Waals surface area contributed by atoms with Gasteiger partial charge in [0.25, 0.3) is 0 Å². The van der Waals surface area contributed by atoms with E-state index in [0.717, 1.165) is 60.9 Å². The van der Waals surface area contributed by atoms with E-state index in [9.17, 15) is 5.26 Å². The molecule has 8 heteroatoms. The van der Waals surface area contributed by atoms with Crippen LogP contribution in [0.2, 0.25) is 0 Å². The Morgan fingerprint density at radius 1 is 0.316 bits per heavy atom. The first kappa shape index (κ1) is 33.4. The van der Waals surface area contributed by atoms with Crippen LogP contribution < -0.4 is 0 Å². The van der Waals surface area contributed by atoms with Gasteiger partial charge in [-0.1, -0.05) is 133 Å². The number of rotatable bonds is 7. The number of fused-ring (bicyclic) bond motifs is 3. The molecule has 10 aromatic rings. The highest BCUT2D eigenvalue weighted by Gasteiger charge is 2.17. The van der Waals surface area contributed by atoms with Crippen molar-refractivity contribution in [2.24, 2.45) is 0 Å². The summed E-state index contributed by atoms with van der Waals surface area (Å²) >= 11 is 0. The third-order valence-electron chi connectivity index (χ3n) is 9.82. The van der Waals surface area contributed by atoms with Gasteiger partial charge in [0.15, 0.2) is 34.9 Å². The lowest BCUT2D eigenvalue weighted by Crippen LogP contribution is -2.00. The minimum absolute atomic E-state index is 0.546. The van der Waals surface area contributed by atoms with Gasteiger partial charge < -0.3 is 4.42 Å². The Bertz CT molecular complexity index is 3060. The molecular weight excluding hydrogens is 703 g/mol. The van der Waals surface area contributed by atoms with E-state index in [1.165, 1.54) is 0 Å². The topological polar surface area (TPSA) is 114 Å². The van der Waals surface area contributed by atoms with E-state index in [0.29, 0.717) is 46.1 Å². The van der Waals surface area contributed by atoms with Crippen LogP contribution in [0.25, 0.3) is 101 Å². The van der Waals surface area contributed by atoms with E-state index in [2.05, 4.69) is 18.2 Å². The second-order valence-electron chi connectivity index (χ2n) is 13.5. The van der Waals surface area contributed by atoms with Gasteiger partial charge in [-0.05, 0) is 53.6 Å². The van der Waals surface area contributed by atoms with Gasteiger partial charge in [-0.25, -0.2) is 29.9 Å². The van der Waals surface area contributed by atoms with Crippen LogP contribution in [0.1, 0.15) is 5.56 Å². The molecule has 0 bridgehead atoms. The fourth-order valence-electron chi connectivity index (χ4n) is 6.92. The monoisotopic (exact) mass is 731 g/mol. The van der Waals surface area contributed by atoms with Crippen LogP contribution >= 0.6 is 0 Å². The molecule has 3 heterocycles. The molecule has 7 aromatic carbocycles. The fourth-order valence-corrected chi connectivity index (χ4v) is 6.92. The number of aromatic nitrogens is 6. The smallest absolute Gasteiger partial charge is 0.164 e. The summed E-state index contributed by atoms with van der Waals surface area (Å²) in [5.41, 5.74) is 9.24. The Hall–Kier alpha value is -8.15. The molecule has 0 amide bonds. The normalized spacial score (nSPS) is 11.1. The molecule has 0 atom stereocenters. The molecule has 0 saturated carbocycles. The number of nitrogens with zero attached hydrogens (tertiary/aromatic N) is 7. The predicted molar refractivity (Wildman–Crippen MR) is 223 cm³/mol. The minimum atomic E-state index is 0.546. The molecule has 0 aliphatic rings. The molecule has 3 aromatic heterocycles. The predicted octanol–water partition coefficient (Wildman–Crippen LogP) is 11.5. The van der Waals surface area contributed by atoms with E-state index < -0.39 is 0 Å². The molecule has 0 aliphatic heterocycles. The van der Waals surface area contributed by atoms with E-state index in [-0.39, 0.29) is 0 Å². The summed E-state index contributed by atoms with van der Waals surface area (Å²) in [6.07, 6.45) is 0. The average molecular weight is 732 g/mol. The number of furan rings is 1. The van der Waals surface area contributed by atoms with Crippen molar-refractivity contribution in [3.63, 3.8) is 0 Å². The molecule has 0 unspecified atom stereocenters. The summed E-state index contributed by atoms with van der Waals surface area (Å²) < 4.78 is 6.44. The summed E-state index contributed by atoms with van der Waals surface area (Å²) in [6.45, 7) is 0. The van der Waals surface area contributed by atoms with Crippen molar-refractivity contribution in [2.75, 3.05) is 0 Å². The highest BCUT2D eigenvalue weighted by atomic mass is 16.3. The van der Waals surface area contributed by atoms with Gasteiger partial charge >= 0.3 is 0 Å². The first-order valence-electron chi connectivity index (χ1n) is 18.4. The van der Waals surface area contributed by atoms with E-state index in [1.807, 2.05) is 158 Å². The highest BCUT2D eigenvalue weighted by Crippen LogP contribution is 2.35. The Balaban J connectivity index is 1.05. The maximum Gasteiger partial charge on any atom is 0.164 e. The quantitative estimate of drug-likeness (QED) is 0.159. The van der Waals surface area contributed by atoms with Gasteiger partial charge in [0, 0.05) is 44.2 Å². The van der Waals surface area contributed by atoms with Crippen LogP contribution in [0.4, 0.5) is 0 Å².